The topological polar surface area (TPSA) is 63.7 Å². The van der Waals surface area contributed by atoms with E-state index in [1.165, 1.54) is 35.7 Å². The van der Waals surface area contributed by atoms with Gasteiger partial charge in [-0.15, -0.1) is 0 Å². The Morgan fingerprint density at radius 1 is 1.39 bits per heavy atom. The van der Waals surface area contributed by atoms with Gasteiger partial charge in [0.05, 0.1) is 11.9 Å². The number of carbonyl (C=O) groups is 1. The van der Waals surface area contributed by atoms with Crippen LogP contribution in [-0.2, 0) is 14.8 Å². The lowest BCUT2D eigenvalue weighted by Crippen LogP contribution is -2.44. The lowest BCUT2D eigenvalue weighted by molar-refractivity contribution is 0.0871. The van der Waals surface area contributed by atoms with Gasteiger partial charge in [0, 0.05) is 31.7 Å². The van der Waals surface area contributed by atoms with Crippen molar-refractivity contribution in [2.75, 3.05) is 26.0 Å². The Hall–Kier alpha value is -1.31. The van der Waals surface area contributed by atoms with Crippen molar-refractivity contribution in [1.29, 1.82) is 0 Å². The number of nitrogens with zero attached hydrogens (tertiary/aromatic N) is 1. The van der Waals surface area contributed by atoms with Crippen molar-refractivity contribution < 1.29 is 22.3 Å². The summed E-state index contributed by atoms with van der Waals surface area (Å²) in [6.45, 7) is 2.30. The Labute approximate surface area is 136 Å². The summed E-state index contributed by atoms with van der Waals surface area (Å²) in [5.41, 5.74) is 0.418. The van der Waals surface area contributed by atoms with Crippen LogP contribution >= 0.6 is 0 Å². The predicted octanol–water partition coefficient (Wildman–Crippen LogP) is 2.09. The standard InChI is InChI=1S/C16H22FNO4S/c1-12(22-2)11-23(20,21)18-9-3-4-14(10-18)16(19)13-5-7-15(17)8-6-13/h5-8,12,14H,3-4,9-11H2,1-2H3/t12-,14-/m0/s1. The van der Waals surface area contributed by atoms with Gasteiger partial charge in [0.1, 0.15) is 5.82 Å². The second-order valence-corrected chi connectivity index (χ2v) is 7.91. The second kappa shape index (κ2) is 7.51. The minimum absolute atomic E-state index is 0.0963. The van der Waals surface area contributed by atoms with E-state index in [9.17, 15) is 17.6 Å². The van der Waals surface area contributed by atoms with Crippen LogP contribution in [0.2, 0.25) is 0 Å². The molecule has 1 fully saturated rings. The number of halogens is 1. The third-order valence-corrected chi connectivity index (χ3v) is 6.13. The number of hydrogen-bond acceptors (Lipinski definition) is 4. The van der Waals surface area contributed by atoms with Gasteiger partial charge in [0.2, 0.25) is 10.0 Å². The van der Waals surface area contributed by atoms with Crippen LogP contribution in [0.5, 0.6) is 0 Å². The minimum Gasteiger partial charge on any atom is -0.381 e. The Kier molecular flexibility index (Phi) is 5.89. The number of benzene rings is 1. The number of methoxy groups -OCH3 is 1. The van der Waals surface area contributed by atoms with Gasteiger partial charge in [-0.1, -0.05) is 0 Å². The highest BCUT2D eigenvalue weighted by Crippen LogP contribution is 2.23. The van der Waals surface area contributed by atoms with E-state index in [0.717, 1.165) is 0 Å². The molecule has 23 heavy (non-hydrogen) atoms. The van der Waals surface area contributed by atoms with Crippen molar-refractivity contribution in [2.45, 2.75) is 25.9 Å². The van der Waals surface area contributed by atoms with Crippen LogP contribution in [0.1, 0.15) is 30.1 Å². The van der Waals surface area contributed by atoms with E-state index in [-0.39, 0.29) is 24.0 Å². The van der Waals surface area contributed by atoms with E-state index >= 15 is 0 Å². The molecule has 1 aromatic carbocycles. The molecular weight excluding hydrogens is 321 g/mol. The van der Waals surface area contributed by atoms with Crippen LogP contribution in [0.3, 0.4) is 0 Å². The monoisotopic (exact) mass is 343 g/mol. The van der Waals surface area contributed by atoms with Gasteiger partial charge in [0.15, 0.2) is 5.78 Å². The second-order valence-electron chi connectivity index (χ2n) is 5.89. The molecule has 1 aromatic rings. The molecule has 0 amide bonds. The number of ketones is 1. The first-order valence-electron chi connectivity index (χ1n) is 7.64. The molecule has 5 nitrogen and oxygen atoms in total. The van der Waals surface area contributed by atoms with E-state index in [2.05, 4.69) is 0 Å². The van der Waals surface area contributed by atoms with E-state index < -0.39 is 21.9 Å². The third kappa shape index (κ3) is 4.59. The molecule has 1 heterocycles. The Morgan fingerprint density at radius 3 is 2.65 bits per heavy atom. The van der Waals surface area contributed by atoms with Gasteiger partial charge in [-0.05, 0) is 44.0 Å². The molecule has 0 spiro atoms. The molecule has 7 heteroatoms. The van der Waals surface area contributed by atoms with Crippen molar-refractivity contribution in [3.05, 3.63) is 35.6 Å². The van der Waals surface area contributed by atoms with Gasteiger partial charge in [0.25, 0.3) is 0 Å². The van der Waals surface area contributed by atoms with Gasteiger partial charge < -0.3 is 4.74 Å². The number of ether oxygens (including phenoxy) is 1. The summed E-state index contributed by atoms with van der Waals surface area (Å²) in [7, 11) is -1.98. The summed E-state index contributed by atoms with van der Waals surface area (Å²) in [6, 6.07) is 5.37. The largest absolute Gasteiger partial charge is 0.381 e. The number of hydrogen-bond donors (Lipinski definition) is 0. The molecule has 128 valence electrons. The summed E-state index contributed by atoms with van der Waals surface area (Å²) in [5.74, 6) is -1.02. The first-order valence-corrected chi connectivity index (χ1v) is 9.25. The molecule has 1 aliphatic rings. The summed E-state index contributed by atoms with van der Waals surface area (Å²) >= 11 is 0. The zero-order valence-corrected chi connectivity index (χ0v) is 14.2. The quantitative estimate of drug-likeness (QED) is 0.742. The van der Waals surface area contributed by atoms with Crippen molar-refractivity contribution in [2.24, 2.45) is 5.92 Å². The van der Waals surface area contributed by atoms with Gasteiger partial charge in [-0.25, -0.2) is 17.1 Å². The molecule has 0 unspecified atom stereocenters. The normalized spacial score (nSPS) is 21.1. The highest BCUT2D eigenvalue weighted by molar-refractivity contribution is 7.89. The molecular formula is C16H22FNO4S. The molecule has 1 aliphatic heterocycles. The Balaban J connectivity index is 2.08. The van der Waals surface area contributed by atoms with E-state index in [4.69, 9.17) is 4.74 Å². The van der Waals surface area contributed by atoms with Crippen LogP contribution in [0, 0.1) is 11.7 Å². The average molecular weight is 343 g/mol. The summed E-state index contributed by atoms with van der Waals surface area (Å²) < 4.78 is 44.1. The fourth-order valence-corrected chi connectivity index (χ4v) is 4.48. The number of Topliss-reactive ketones (excluding diaryl/α,β-unsaturated/α-hetero) is 1. The maximum absolute atomic E-state index is 13.0. The van der Waals surface area contributed by atoms with Crippen LogP contribution < -0.4 is 0 Å². The average Bonchev–Trinajstić information content (AvgIpc) is 2.54. The van der Waals surface area contributed by atoms with E-state index in [1.807, 2.05) is 0 Å². The van der Waals surface area contributed by atoms with Gasteiger partial charge >= 0.3 is 0 Å². The lowest BCUT2D eigenvalue weighted by atomic mass is 9.91. The fraction of sp³-hybridized carbons (Fsp3) is 0.562. The lowest BCUT2D eigenvalue weighted by Gasteiger charge is -2.31. The minimum atomic E-state index is -3.45. The first kappa shape index (κ1) is 18.0. The highest BCUT2D eigenvalue weighted by atomic mass is 32.2. The molecule has 2 atom stereocenters. The molecule has 0 N–H and O–H groups in total. The molecule has 0 aromatic heterocycles. The highest BCUT2D eigenvalue weighted by Gasteiger charge is 2.33. The Morgan fingerprint density at radius 2 is 2.04 bits per heavy atom. The first-order chi connectivity index (χ1) is 10.8. The smallest absolute Gasteiger partial charge is 0.216 e. The zero-order chi connectivity index (χ0) is 17.0. The van der Waals surface area contributed by atoms with E-state index in [1.54, 1.807) is 6.92 Å². The number of sulfonamides is 1. The van der Waals surface area contributed by atoms with Crippen LogP contribution in [-0.4, -0.2) is 50.6 Å². The van der Waals surface area contributed by atoms with Crippen molar-refractivity contribution >= 4 is 15.8 Å². The van der Waals surface area contributed by atoms with Gasteiger partial charge in [-0.3, -0.25) is 4.79 Å². The molecule has 2 rings (SSSR count). The predicted molar refractivity (Wildman–Crippen MR) is 85.3 cm³/mol. The number of piperidine rings is 1. The number of rotatable bonds is 6. The molecule has 0 radical (unpaired) electrons. The maximum Gasteiger partial charge on any atom is 0.216 e. The molecule has 0 bridgehead atoms. The van der Waals surface area contributed by atoms with Crippen molar-refractivity contribution in [3.8, 4) is 0 Å². The molecule has 0 saturated carbocycles. The van der Waals surface area contributed by atoms with Gasteiger partial charge in [-0.2, -0.15) is 0 Å². The summed E-state index contributed by atoms with van der Waals surface area (Å²) in [4.78, 5) is 12.5. The number of carbonyl (C=O) groups excluding carboxylic acids is 1. The molecule has 0 aliphatic carbocycles. The summed E-state index contributed by atoms with van der Waals surface area (Å²) in [6.07, 6.45) is 0.883. The fourth-order valence-electron chi connectivity index (χ4n) is 2.73. The maximum atomic E-state index is 13.0. The molecule has 1 saturated heterocycles. The van der Waals surface area contributed by atoms with E-state index in [0.29, 0.717) is 24.9 Å². The van der Waals surface area contributed by atoms with Crippen LogP contribution in [0.25, 0.3) is 0 Å². The van der Waals surface area contributed by atoms with Crippen molar-refractivity contribution in [3.63, 3.8) is 0 Å². The summed E-state index contributed by atoms with van der Waals surface area (Å²) in [5, 5.41) is 0. The zero-order valence-electron chi connectivity index (χ0n) is 13.4. The van der Waals surface area contributed by atoms with Crippen LogP contribution in [0.15, 0.2) is 24.3 Å². The van der Waals surface area contributed by atoms with Crippen LogP contribution in [0.4, 0.5) is 4.39 Å². The SMILES string of the molecule is CO[C@@H](C)CS(=O)(=O)N1CCC[C@H](C(=O)c2ccc(F)cc2)C1. The van der Waals surface area contributed by atoms with Crippen molar-refractivity contribution in [1.82, 2.24) is 4.31 Å². The third-order valence-electron chi connectivity index (χ3n) is 4.12. The Bertz CT molecular complexity index is 645.